The maximum atomic E-state index is 6.30. The molecular formula is C27H26Cl4N4O. The van der Waals surface area contributed by atoms with Gasteiger partial charge in [0.25, 0.3) is 0 Å². The highest BCUT2D eigenvalue weighted by Crippen LogP contribution is 2.40. The Hall–Kier alpha value is -2.96. The van der Waals surface area contributed by atoms with Crippen molar-refractivity contribution >= 4 is 69.2 Å². The lowest BCUT2D eigenvalue weighted by atomic mass is 9.78. The van der Waals surface area contributed by atoms with Gasteiger partial charge < -0.3 is 27.7 Å². The molecule has 0 atom stereocenters. The monoisotopic (exact) mass is 562 g/mol. The van der Waals surface area contributed by atoms with Crippen LogP contribution in [-0.4, -0.2) is 0 Å². The van der Waals surface area contributed by atoms with Crippen LogP contribution in [0.5, 0.6) is 11.5 Å². The van der Waals surface area contributed by atoms with Gasteiger partial charge in [-0.2, -0.15) is 0 Å². The van der Waals surface area contributed by atoms with E-state index in [1.807, 2.05) is 24.3 Å². The number of ether oxygens (including phenoxy) is 1. The molecule has 4 aromatic carbocycles. The second-order valence-corrected chi connectivity index (χ2v) is 10.2. The fourth-order valence-corrected chi connectivity index (χ4v) is 4.69. The first-order valence-corrected chi connectivity index (χ1v) is 12.3. The first-order chi connectivity index (χ1) is 16.9. The third-order valence-electron chi connectivity index (χ3n) is 5.51. The van der Waals surface area contributed by atoms with Crippen molar-refractivity contribution in [2.45, 2.75) is 19.3 Å². The molecule has 0 aliphatic rings. The lowest BCUT2D eigenvalue weighted by molar-refractivity contribution is 0.483. The Morgan fingerprint density at radius 2 is 0.917 bits per heavy atom. The molecule has 4 aromatic rings. The third-order valence-corrected chi connectivity index (χ3v) is 6.79. The molecule has 0 heterocycles. The zero-order valence-electron chi connectivity index (χ0n) is 19.7. The summed E-state index contributed by atoms with van der Waals surface area (Å²) in [4.78, 5) is 0. The van der Waals surface area contributed by atoms with E-state index >= 15 is 0 Å². The molecule has 8 N–H and O–H groups in total. The van der Waals surface area contributed by atoms with E-state index in [1.165, 1.54) is 0 Å². The van der Waals surface area contributed by atoms with Gasteiger partial charge in [-0.15, -0.1) is 0 Å². The summed E-state index contributed by atoms with van der Waals surface area (Å²) in [6, 6.07) is 21.1. The summed E-state index contributed by atoms with van der Waals surface area (Å²) in [5, 5.41) is 2.17. The van der Waals surface area contributed by atoms with Crippen molar-refractivity contribution in [1.29, 1.82) is 0 Å². The second-order valence-electron chi connectivity index (χ2n) is 8.57. The molecular weight excluding hydrogens is 538 g/mol. The van der Waals surface area contributed by atoms with Crippen LogP contribution in [0, 0.1) is 0 Å². The molecule has 0 aliphatic carbocycles. The minimum Gasteiger partial charge on any atom is -0.457 e. The van der Waals surface area contributed by atoms with Crippen molar-refractivity contribution in [3.05, 3.63) is 104 Å². The largest absolute Gasteiger partial charge is 0.457 e. The van der Waals surface area contributed by atoms with E-state index in [-0.39, 0.29) is 5.41 Å². The number of anilines is 4. The van der Waals surface area contributed by atoms with Crippen LogP contribution < -0.4 is 27.7 Å². The Morgan fingerprint density at radius 1 is 0.528 bits per heavy atom. The molecule has 188 valence electrons. The molecule has 5 nitrogen and oxygen atoms in total. The van der Waals surface area contributed by atoms with Crippen LogP contribution in [0.3, 0.4) is 0 Å². The molecule has 0 radical (unpaired) electrons. The summed E-state index contributed by atoms with van der Waals surface area (Å²) < 4.78 is 5.57. The SMILES string of the molecule is CC(C)(c1ccc(N)cc1Cl)c1ccc(N)cc1Cl.Nc1ccc(Oc2ccc(N)c(Cl)c2)cc1Cl. The van der Waals surface area contributed by atoms with Gasteiger partial charge in [0.1, 0.15) is 11.5 Å². The summed E-state index contributed by atoms with van der Waals surface area (Å²) in [6.07, 6.45) is 0. The normalized spacial score (nSPS) is 10.9. The molecule has 0 unspecified atom stereocenters. The molecule has 0 aromatic heterocycles. The van der Waals surface area contributed by atoms with Gasteiger partial charge in [0.15, 0.2) is 0 Å². The standard InChI is InChI=1S/C15H16Cl2N2.C12H10Cl2N2O/c1-15(2,11-5-3-9(18)7-13(11)16)12-6-4-10(19)8-14(12)17;13-9-5-7(1-3-11(9)15)17-8-2-4-12(16)10(14)6-8/h3-8H,18-19H2,1-2H3;1-6H,15-16H2. The van der Waals surface area contributed by atoms with Crippen molar-refractivity contribution in [1.82, 2.24) is 0 Å². The summed E-state index contributed by atoms with van der Waals surface area (Å²) in [5.41, 5.74) is 26.6. The molecule has 4 rings (SSSR count). The second kappa shape index (κ2) is 11.4. The number of benzene rings is 4. The number of hydrogen-bond donors (Lipinski definition) is 4. The van der Waals surface area contributed by atoms with Gasteiger partial charge in [-0.05, 0) is 59.7 Å². The van der Waals surface area contributed by atoms with Gasteiger partial charge in [-0.3, -0.25) is 0 Å². The molecule has 0 saturated heterocycles. The van der Waals surface area contributed by atoms with E-state index in [0.717, 1.165) is 11.1 Å². The Bertz CT molecular complexity index is 1290. The molecule has 36 heavy (non-hydrogen) atoms. The number of nitrogen functional groups attached to an aromatic ring is 4. The zero-order valence-corrected chi connectivity index (χ0v) is 22.7. The van der Waals surface area contributed by atoms with E-state index < -0.39 is 0 Å². The van der Waals surface area contributed by atoms with Gasteiger partial charge in [-0.25, -0.2) is 0 Å². The first kappa shape index (κ1) is 27.6. The average Bonchev–Trinajstić information content (AvgIpc) is 2.79. The van der Waals surface area contributed by atoms with Gasteiger partial charge in [0, 0.05) is 39.0 Å². The van der Waals surface area contributed by atoms with E-state index in [9.17, 15) is 0 Å². The van der Waals surface area contributed by atoms with Crippen molar-refractivity contribution in [3.63, 3.8) is 0 Å². The van der Waals surface area contributed by atoms with Crippen LogP contribution >= 0.6 is 46.4 Å². The van der Waals surface area contributed by atoms with Crippen molar-refractivity contribution < 1.29 is 4.74 Å². The topological polar surface area (TPSA) is 113 Å². The van der Waals surface area contributed by atoms with Crippen LogP contribution in [0.2, 0.25) is 20.1 Å². The number of hydrogen-bond acceptors (Lipinski definition) is 5. The molecule has 0 fully saturated rings. The average molecular weight is 564 g/mol. The number of rotatable bonds is 4. The zero-order chi connectivity index (χ0) is 26.6. The summed E-state index contributed by atoms with van der Waals surface area (Å²) in [6.45, 7) is 4.14. The molecule has 9 heteroatoms. The van der Waals surface area contributed by atoms with Gasteiger partial charge in [0.2, 0.25) is 0 Å². The smallest absolute Gasteiger partial charge is 0.129 e. The van der Waals surface area contributed by atoms with Crippen LogP contribution in [0.15, 0.2) is 72.8 Å². The first-order valence-electron chi connectivity index (χ1n) is 10.8. The number of nitrogens with two attached hydrogens (primary N) is 4. The van der Waals surface area contributed by atoms with Gasteiger partial charge >= 0.3 is 0 Å². The van der Waals surface area contributed by atoms with Crippen molar-refractivity contribution in [2.75, 3.05) is 22.9 Å². The Kier molecular flexibility index (Phi) is 8.75. The summed E-state index contributed by atoms with van der Waals surface area (Å²) >= 11 is 24.4. The third kappa shape index (κ3) is 6.62. The summed E-state index contributed by atoms with van der Waals surface area (Å²) in [7, 11) is 0. The summed E-state index contributed by atoms with van der Waals surface area (Å²) in [5.74, 6) is 1.18. The minimum atomic E-state index is -0.324. The molecule has 0 saturated carbocycles. The Labute approximate surface area is 230 Å². The maximum Gasteiger partial charge on any atom is 0.129 e. The molecule has 0 amide bonds. The molecule has 0 bridgehead atoms. The lowest BCUT2D eigenvalue weighted by Crippen LogP contribution is -2.20. The molecule has 0 spiro atoms. The molecule has 0 aliphatic heterocycles. The van der Waals surface area contributed by atoms with Crippen molar-refractivity contribution in [2.24, 2.45) is 0 Å². The van der Waals surface area contributed by atoms with E-state index in [1.54, 1.807) is 48.5 Å². The van der Waals surface area contributed by atoms with E-state index in [0.29, 0.717) is 54.3 Å². The fraction of sp³-hybridized carbons (Fsp3) is 0.111. The van der Waals surface area contributed by atoms with Crippen LogP contribution in [0.1, 0.15) is 25.0 Å². The van der Waals surface area contributed by atoms with Crippen LogP contribution in [0.4, 0.5) is 22.7 Å². The quantitative estimate of drug-likeness (QED) is 0.186. The van der Waals surface area contributed by atoms with E-state index in [4.69, 9.17) is 74.1 Å². The number of halogens is 4. The Morgan fingerprint density at radius 3 is 1.25 bits per heavy atom. The van der Waals surface area contributed by atoms with Gasteiger partial charge in [-0.1, -0.05) is 72.4 Å². The van der Waals surface area contributed by atoms with Crippen LogP contribution in [0.25, 0.3) is 0 Å². The highest BCUT2D eigenvalue weighted by atomic mass is 35.5. The predicted octanol–water partition coefficient (Wildman–Crippen LogP) is 8.43. The van der Waals surface area contributed by atoms with Crippen molar-refractivity contribution in [3.8, 4) is 11.5 Å². The highest BCUT2D eigenvalue weighted by molar-refractivity contribution is 6.34. The predicted molar refractivity (Wildman–Crippen MR) is 156 cm³/mol. The van der Waals surface area contributed by atoms with Gasteiger partial charge in [0.05, 0.1) is 21.4 Å². The fourth-order valence-electron chi connectivity index (χ4n) is 3.50. The van der Waals surface area contributed by atoms with E-state index in [2.05, 4.69) is 13.8 Å². The lowest BCUT2D eigenvalue weighted by Gasteiger charge is -2.28. The van der Waals surface area contributed by atoms with Crippen LogP contribution in [-0.2, 0) is 5.41 Å². The maximum absolute atomic E-state index is 6.30. The Balaban J connectivity index is 0.000000202. The minimum absolute atomic E-state index is 0.324. The highest BCUT2D eigenvalue weighted by Gasteiger charge is 2.27.